The van der Waals surface area contributed by atoms with E-state index < -0.39 is 5.60 Å². The second-order valence-corrected chi connectivity index (χ2v) is 5.27. The van der Waals surface area contributed by atoms with Crippen molar-refractivity contribution in [3.05, 3.63) is 35.9 Å². The first-order valence-electron chi connectivity index (χ1n) is 6.91. The minimum Gasteiger partial charge on any atom is -0.388 e. The van der Waals surface area contributed by atoms with Crippen molar-refractivity contribution in [1.82, 2.24) is 10.2 Å². The number of rotatable bonds is 5. The first-order chi connectivity index (χ1) is 8.72. The highest BCUT2D eigenvalue weighted by atomic mass is 16.3. The molecule has 0 saturated carbocycles. The zero-order valence-electron chi connectivity index (χ0n) is 11.2. The zero-order chi connectivity index (χ0) is 12.8. The van der Waals surface area contributed by atoms with Crippen LogP contribution in [0.3, 0.4) is 0 Å². The van der Waals surface area contributed by atoms with Crippen LogP contribution in [-0.2, 0) is 6.54 Å². The summed E-state index contributed by atoms with van der Waals surface area (Å²) >= 11 is 0. The predicted molar refractivity (Wildman–Crippen MR) is 74.4 cm³/mol. The van der Waals surface area contributed by atoms with Crippen LogP contribution in [0.2, 0.25) is 0 Å². The summed E-state index contributed by atoms with van der Waals surface area (Å²) in [7, 11) is 0. The number of nitrogens with one attached hydrogen (secondary N) is 1. The second-order valence-electron chi connectivity index (χ2n) is 5.27. The maximum absolute atomic E-state index is 10.4. The Balaban J connectivity index is 1.80. The van der Waals surface area contributed by atoms with Crippen molar-refractivity contribution >= 4 is 0 Å². The monoisotopic (exact) mass is 248 g/mol. The number of hydrogen-bond acceptors (Lipinski definition) is 3. The Kier molecular flexibility index (Phi) is 4.75. The fourth-order valence-corrected chi connectivity index (χ4v) is 2.50. The molecule has 1 aliphatic heterocycles. The quantitative estimate of drug-likeness (QED) is 0.831. The molecule has 100 valence electrons. The van der Waals surface area contributed by atoms with Crippen molar-refractivity contribution in [2.24, 2.45) is 0 Å². The lowest BCUT2D eigenvalue weighted by atomic mass is 9.91. The van der Waals surface area contributed by atoms with E-state index in [4.69, 9.17) is 0 Å². The van der Waals surface area contributed by atoms with Crippen molar-refractivity contribution in [1.29, 1.82) is 0 Å². The van der Waals surface area contributed by atoms with Crippen LogP contribution < -0.4 is 5.32 Å². The van der Waals surface area contributed by atoms with Gasteiger partial charge < -0.3 is 10.4 Å². The number of hydrogen-bond donors (Lipinski definition) is 2. The van der Waals surface area contributed by atoms with E-state index in [2.05, 4.69) is 47.5 Å². The highest BCUT2D eigenvalue weighted by Crippen LogP contribution is 2.22. The predicted octanol–water partition coefficient (Wildman–Crippen LogP) is 1.62. The molecular weight excluding hydrogens is 224 g/mol. The van der Waals surface area contributed by atoms with Crippen LogP contribution in [0.25, 0.3) is 0 Å². The fraction of sp³-hybridized carbons (Fsp3) is 0.600. The number of likely N-dealkylation sites (N-methyl/N-ethyl adjacent to an activating group) is 1. The summed E-state index contributed by atoms with van der Waals surface area (Å²) < 4.78 is 0. The van der Waals surface area contributed by atoms with Crippen molar-refractivity contribution < 1.29 is 5.11 Å². The topological polar surface area (TPSA) is 35.5 Å². The summed E-state index contributed by atoms with van der Waals surface area (Å²) in [5.74, 6) is 0. The zero-order valence-corrected chi connectivity index (χ0v) is 11.2. The minimum atomic E-state index is -0.497. The first kappa shape index (κ1) is 13.5. The van der Waals surface area contributed by atoms with E-state index in [1.165, 1.54) is 5.56 Å². The molecular formula is C15H24N2O. The van der Waals surface area contributed by atoms with Gasteiger partial charge >= 0.3 is 0 Å². The van der Waals surface area contributed by atoms with Crippen LogP contribution in [0.5, 0.6) is 0 Å². The second kappa shape index (κ2) is 6.32. The van der Waals surface area contributed by atoms with Crippen LogP contribution in [0.15, 0.2) is 30.3 Å². The van der Waals surface area contributed by atoms with Crippen molar-refractivity contribution in [2.75, 3.05) is 26.2 Å². The van der Waals surface area contributed by atoms with Gasteiger partial charge in [0.1, 0.15) is 0 Å². The average Bonchev–Trinajstić information content (AvgIpc) is 2.41. The molecule has 0 amide bonds. The summed E-state index contributed by atoms with van der Waals surface area (Å²) in [4.78, 5) is 2.43. The molecule has 1 aromatic carbocycles. The molecule has 2 N–H and O–H groups in total. The van der Waals surface area contributed by atoms with Crippen molar-refractivity contribution in [2.45, 2.75) is 31.9 Å². The van der Waals surface area contributed by atoms with Gasteiger partial charge in [-0.2, -0.15) is 0 Å². The Morgan fingerprint density at radius 2 is 1.89 bits per heavy atom. The van der Waals surface area contributed by atoms with E-state index in [-0.39, 0.29) is 0 Å². The number of nitrogens with zero attached hydrogens (tertiary/aromatic N) is 1. The van der Waals surface area contributed by atoms with E-state index in [9.17, 15) is 5.11 Å². The van der Waals surface area contributed by atoms with Gasteiger partial charge in [0.2, 0.25) is 0 Å². The molecule has 0 aliphatic carbocycles. The molecule has 18 heavy (non-hydrogen) atoms. The van der Waals surface area contributed by atoms with Crippen LogP contribution in [0.4, 0.5) is 0 Å². The molecule has 1 aliphatic rings. The van der Waals surface area contributed by atoms with E-state index in [1.54, 1.807) is 0 Å². The van der Waals surface area contributed by atoms with E-state index in [1.807, 2.05) is 0 Å². The first-order valence-corrected chi connectivity index (χ1v) is 6.91. The molecule has 1 aromatic rings. The van der Waals surface area contributed by atoms with Crippen LogP contribution >= 0.6 is 0 Å². The van der Waals surface area contributed by atoms with Gasteiger partial charge in [0, 0.05) is 26.2 Å². The van der Waals surface area contributed by atoms with Crippen LogP contribution in [0.1, 0.15) is 25.3 Å². The third kappa shape index (κ3) is 3.80. The molecule has 0 spiro atoms. The standard InChI is InChI=1S/C15H24N2O/c1-2-16-13-15(18)8-10-17(11-9-15)12-14-6-4-3-5-7-14/h3-7,16,18H,2,8-13H2,1H3. The molecule has 3 nitrogen and oxygen atoms in total. The smallest absolute Gasteiger partial charge is 0.0795 e. The molecule has 3 heteroatoms. The molecule has 2 rings (SSSR count). The van der Waals surface area contributed by atoms with E-state index in [0.717, 1.165) is 45.6 Å². The number of piperidine rings is 1. The largest absolute Gasteiger partial charge is 0.388 e. The minimum absolute atomic E-state index is 0.497. The third-order valence-corrected chi connectivity index (χ3v) is 3.74. The van der Waals surface area contributed by atoms with Gasteiger partial charge in [-0.05, 0) is 24.9 Å². The molecule has 0 unspecified atom stereocenters. The Morgan fingerprint density at radius 3 is 2.50 bits per heavy atom. The van der Waals surface area contributed by atoms with Gasteiger partial charge in [0.15, 0.2) is 0 Å². The fourth-order valence-electron chi connectivity index (χ4n) is 2.50. The maximum atomic E-state index is 10.4. The summed E-state index contributed by atoms with van der Waals surface area (Å²) in [6, 6.07) is 10.6. The van der Waals surface area contributed by atoms with Crippen LogP contribution in [0, 0.1) is 0 Å². The summed E-state index contributed by atoms with van der Waals surface area (Å²) in [5, 5.41) is 13.7. The van der Waals surface area contributed by atoms with Gasteiger partial charge in [0.05, 0.1) is 5.60 Å². The Labute approximate surface area is 110 Å². The van der Waals surface area contributed by atoms with Gasteiger partial charge in [-0.25, -0.2) is 0 Å². The molecule has 1 saturated heterocycles. The van der Waals surface area contributed by atoms with Crippen molar-refractivity contribution in [3.8, 4) is 0 Å². The normalized spacial score (nSPS) is 19.9. The van der Waals surface area contributed by atoms with Gasteiger partial charge in [0.25, 0.3) is 0 Å². The lowest BCUT2D eigenvalue weighted by Gasteiger charge is -2.38. The summed E-state index contributed by atoms with van der Waals surface area (Å²) in [6.07, 6.45) is 1.74. The molecule has 0 radical (unpaired) electrons. The molecule has 1 fully saturated rings. The molecule has 0 atom stereocenters. The van der Waals surface area contributed by atoms with Gasteiger partial charge in [-0.15, -0.1) is 0 Å². The summed E-state index contributed by atoms with van der Waals surface area (Å²) in [6.45, 7) is 6.69. The van der Waals surface area contributed by atoms with Crippen LogP contribution in [-0.4, -0.2) is 41.8 Å². The van der Waals surface area contributed by atoms with Gasteiger partial charge in [-0.3, -0.25) is 4.90 Å². The number of likely N-dealkylation sites (tertiary alicyclic amines) is 1. The Bertz CT molecular complexity index is 345. The SMILES string of the molecule is CCNCC1(O)CCN(Cc2ccccc2)CC1. The highest BCUT2D eigenvalue weighted by molar-refractivity contribution is 5.14. The molecule has 0 bridgehead atoms. The molecule has 1 heterocycles. The number of benzene rings is 1. The lowest BCUT2D eigenvalue weighted by Crippen LogP contribution is -2.49. The highest BCUT2D eigenvalue weighted by Gasteiger charge is 2.31. The maximum Gasteiger partial charge on any atom is 0.0795 e. The molecule has 0 aromatic heterocycles. The van der Waals surface area contributed by atoms with Crippen molar-refractivity contribution in [3.63, 3.8) is 0 Å². The Morgan fingerprint density at radius 1 is 1.22 bits per heavy atom. The lowest BCUT2D eigenvalue weighted by molar-refractivity contribution is -0.0213. The Hall–Kier alpha value is -0.900. The summed E-state index contributed by atoms with van der Waals surface area (Å²) in [5.41, 5.74) is 0.859. The average molecular weight is 248 g/mol. The third-order valence-electron chi connectivity index (χ3n) is 3.74. The van der Waals surface area contributed by atoms with E-state index in [0.29, 0.717) is 0 Å². The number of aliphatic hydroxyl groups is 1. The van der Waals surface area contributed by atoms with Gasteiger partial charge in [-0.1, -0.05) is 37.3 Å². The van der Waals surface area contributed by atoms with E-state index >= 15 is 0 Å².